The zero-order valence-electron chi connectivity index (χ0n) is 24.6. The van der Waals surface area contributed by atoms with Crippen LogP contribution in [-0.4, -0.2) is 50.0 Å². The quantitative estimate of drug-likeness (QED) is 0.261. The summed E-state index contributed by atoms with van der Waals surface area (Å²) in [4.78, 5) is 34.3. The molecule has 1 aliphatic carbocycles. The zero-order chi connectivity index (χ0) is 30.7. The van der Waals surface area contributed by atoms with Gasteiger partial charge in [-0.2, -0.15) is 5.10 Å². The van der Waals surface area contributed by atoms with Crippen LogP contribution in [-0.2, 0) is 13.6 Å². The van der Waals surface area contributed by atoms with E-state index in [1.165, 1.54) is 7.05 Å². The molecule has 0 aliphatic heterocycles. The Bertz CT molecular complexity index is 1720. The number of nitrogens with zero attached hydrogens (tertiary/aromatic N) is 4. The fourth-order valence-corrected chi connectivity index (χ4v) is 5.82. The molecule has 1 amide bonds. The first kappa shape index (κ1) is 30.3. The molecule has 0 spiro atoms. The maximum absolute atomic E-state index is 13.0. The smallest absolute Gasteiger partial charge is 0.298 e. The number of aromatic nitrogens is 4. The van der Waals surface area contributed by atoms with Crippen LogP contribution in [0.25, 0.3) is 22.4 Å². The predicted octanol–water partition coefficient (Wildman–Crippen LogP) is 4.83. The minimum absolute atomic E-state index is 0.0588. The van der Waals surface area contributed by atoms with E-state index >= 15 is 0 Å². The third-order valence-corrected chi connectivity index (χ3v) is 8.25. The zero-order valence-corrected chi connectivity index (χ0v) is 25.4. The van der Waals surface area contributed by atoms with Gasteiger partial charge in [-0.15, -0.1) is 0 Å². The third-order valence-electron chi connectivity index (χ3n) is 7.84. The lowest BCUT2D eigenvalue weighted by atomic mass is 9.92. The van der Waals surface area contributed by atoms with Crippen LogP contribution in [0.4, 0.5) is 5.69 Å². The van der Waals surface area contributed by atoms with Gasteiger partial charge >= 0.3 is 0 Å². The van der Waals surface area contributed by atoms with Crippen molar-refractivity contribution in [3.05, 3.63) is 86.6 Å². The van der Waals surface area contributed by atoms with Gasteiger partial charge in [-0.3, -0.25) is 9.59 Å². The van der Waals surface area contributed by atoms with Crippen LogP contribution in [0.1, 0.15) is 53.1 Å². The first-order chi connectivity index (χ1) is 20.7. The van der Waals surface area contributed by atoms with E-state index in [9.17, 15) is 14.7 Å². The Labute approximate surface area is 255 Å². The van der Waals surface area contributed by atoms with Crippen molar-refractivity contribution >= 4 is 23.2 Å². The number of ether oxygens (including phenoxy) is 1. The second-order valence-electron chi connectivity index (χ2n) is 10.7. The first-order valence-electron chi connectivity index (χ1n) is 14.3. The van der Waals surface area contributed by atoms with Crippen LogP contribution >= 0.6 is 11.6 Å². The van der Waals surface area contributed by atoms with Crippen molar-refractivity contribution in [3.63, 3.8) is 0 Å². The number of halogens is 1. The fourth-order valence-electron chi connectivity index (χ4n) is 5.50. The molecule has 2 atom stereocenters. The number of aliphatic hydroxyl groups is 1. The van der Waals surface area contributed by atoms with Crippen molar-refractivity contribution in [2.45, 2.75) is 58.2 Å². The topological polar surface area (TPSA) is 131 Å². The van der Waals surface area contributed by atoms with E-state index < -0.39 is 11.5 Å². The van der Waals surface area contributed by atoms with Crippen LogP contribution in [0.2, 0.25) is 5.02 Å². The van der Waals surface area contributed by atoms with Crippen LogP contribution in [0.3, 0.4) is 0 Å². The fraction of sp³-hybridized carbons (Fsp3) is 0.344. The van der Waals surface area contributed by atoms with E-state index in [1.54, 1.807) is 20.1 Å². The molecule has 10 nitrogen and oxygen atoms in total. The van der Waals surface area contributed by atoms with Crippen molar-refractivity contribution in [2.24, 2.45) is 7.05 Å². The number of pyridine rings is 1. The van der Waals surface area contributed by atoms with Crippen molar-refractivity contribution < 1.29 is 14.6 Å². The average molecular weight is 603 g/mol. The summed E-state index contributed by atoms with van der Waals surface area (Å²) in [5.41, 5.74) is 4.35. The summed E-state index contributed by atoms with van der Waals surface area (Å²) >= 11 is 7.00. The highest BCUT2D eigenvalue weighted by Crippen LogP contribution is 2.39. The van der Waals surface area contributed by atoms with Crippen molar-refractivity contribution in [2.75, 3.05) is 12.4 Å². The molecular formula is C32H35ClN6O4. The summed E-state index contributed by atoms with van der Waals surface area (Å²) in [6.45, 7) is 4.03. The molecule has 0 bridgehead atoms. The van der Waals surface area contributed by atoms with Gasteiger partial charge in [-0.1, -0.05) is 60.8 Å². The molecule has 1 aliphatic rings. The number of anilines is 1. The van der Waals surface area contributed by atoms with Gasteiger partial charge in [0.1, 0.15) is 5.82 Å². The Morgan fingerprint density at radius 3 is 2.53 bits per heavy atom. The van der Waals surface area contributed by atoms with Gasteiger partial charge in [0.2, 0.25) is 5.88 Å². The third kappa shape index (κ3) is 6.46. The predicted molar refractivity (Wildman–Crippen MR) is 166 cm³/mol. The highest BCUT2D eigenvalue weighted by Gasteiger charge is 2.23. The van der Waals surface area contributed by atoms with Crippen LogP contribution in [0.15, 0.2) is 53.3 Å². The van der Waals surface area contributed by atoms with Crippen molar-refractivity contribution in [1.29, 1.82) is 0 Å². The van der Waals surface area contributed by atoms with Gasteiger partial charge in [-0.25, -0.2) is 14.6 Å². The van der Waals surface area contributed by atoms with E-state index in [-0.39, 0.29) is 17.8 Å². The Hall–Kier alpha value is -4.12. The molecule has 5 rings (SSSR count). The maximum atomic E-state index is 13.0. The van der Waals surface area contributed by atoms with Gasteiger partial charge in [0.25, 0.3) is 11.5 Å². The van der Waals surface area contributed by atoms with Crippen LogP contribution in [0.5, 0.6) is 5.88 Å². The number of carbonyl (C=O) groups excluding carboxylic acids is 1. The molecule has 11 heteroatoms. The lowest BCUT2D eigenvalue weighted by molar-refractivity contribution is 0.0901. The van der Waals surface area contributed by atoms with Crippen molar-refractivity contribution in [1.82, 2.24) is 25.1 Å². The highest BCUT2D eigenvalue weighted by molar-refractivity contribution is 6.36. The Morgan fingerprint density at radius 2 is 1.77 bits per heavy atom. The number of nitrogens with one attached hydrogen (secondary N) is 2. The molecule has 43 heavy (non-hydrogen) atoms. The average Bonchev–Trinajstić information content (AvgIpc) is 3.00. The molecule has 224 valence electrons. The second kappa shape index (κ2) is 13.0. The number of aliphatic hydroxyl groups excluding tert-OH is 1. The first-order valence-corrected chi connectivity index (χ1v) is 14.6. The number of methoxy groups -OCH3 is 1. The Morgan fingerprint density at radius 1 is 1.05 bits per heavy atom. The number of carbonyl (C=O) groups is 1. The number of hydrogen-bond acceptors (Lipinski definition) is 8. The molecule has 2 heterocycles. The summed E-state index contributed by atoms with van der Waals surface area (Å²) in [6, 6.07) is 15.2. The molecule has 4 aromatic rings. The number of amides is 1. The molecule has 2 aromatic carbocycles. The molecular weight excluding hydrogens is 568 g/mol. The molecule has 0 unspecified atom stereocenters. The summed E-state index contributed by atoms with van der Waals surface area (Å²) in [5, 5.41) is 21.1. The van der Waals surface area contributed by atoms with Crippen LogP contribution < -0.4 is 20.9 Å². The molecule has 1 saturated carbocycles. The van der Waals surface area contributed by atoms with Gasteiger partial charge in [0, 0.05) is 42.0 Å². The van der Waals surface area contributed by atoms with Gasteiger partial charge in [-0.05, 0) is 49.9 Å². The number of rotatable bonds is 8. The van der Waals surface area contributed by atoms with E-state index in [2.05, 4.69) is 20.7 Å². The number of benzene rings is 2. The standard InChI is InChI=1S/C32H35ClN6O4/c1-18-21(9-8-13-24(18)36-30(41)29-32(42)39(3)38-19(2)35-29)22-10-7-11-23(28(22)33)25-16-15-20(31(37-25)43-4)17-34-26-12-5-6-14-27(26)40/h7-11,13,15-16,26-27,34,40H,5-6,12,14,17H2,1-4H3,(H,36,41)/t26-,27+/m1/s1. The SMILES string of the molecule is COc1nc(-c2cccc(-c3cccc(NC(=O)c4nc(C)nn(C)c4=O)c3C)c2Cl)ccc1CN[C@@H]1CCCC[C@@H]1O. The van der Waals surface area contributed by atoms with E-state index in [0.717, 1.165) is 58.2 Å². The van der Waals surface area contributed by atoms with E-state index in [1.807, 2.05) is 49.4 Å². The monoisotopic (exact) mass is 602 g/mol. The lowest BCUT2D eigenvalue weighted by Gasteiger charge is -2.28. The highest BCUT2D eigenvalue weighted by atomic mass is 35.5. The van der Waals surface area contributed by atoms with Gasteiger partial charge < -0.3 is 20.5 Å². The largest absolute Gasteiger partial charge is 0.481 e. The summed E-state index contributed by atoms with van der Waals surface area (Å²) in [7, 11) is 3.07. The normalized spacial score (nSPS) is 16.6. The molecule has 2 aromatic heterocycles. The van der Waals surface area contributed by atoms with E-state index in [0.29, 0.717) is 34.7 Å². The second-order valence-corrected chi connectivity index (χ2v) is 11.1. The minimum atomic E-state index is -0.616. The summed E-state index contributed by atoms with van der Waals surface area (Å²) in [5.74, 6) is 0.192. The molecule has 0 radical (unpaired) electrons. The minimum Gasteiger partial charge on any atom is -0.481 e. The number of aryl methyl sites for hydroxylation is 2. The Balaban J connectivity index is 1.41. The van der Waals surface area contributed by atoms with Gasteiger partial charge in [0.05, 0.1) is 23.9 Å². The molecule has 0 saturated heterocycles. The summed E-state index contributed by atoms with van der Waals surface area (Å²) < 4.78 is 6.73. The maximum Gasteiger partial charge on any atom is 0.298 e. The van der Waals surface area contributed by atoms with Crippen molar-refractivity contribution in [3.8, 4) is 28.3 Å². The van der Waals surface area contributed by atoms with E-state index in [4.69, 9.17) is 21.3 Å². The lowest BCUT2D eigenvalue weighted by Crippen LogP contribution is -2.41. The summed E-state index contributed by atoms with van der Waals surface area (Å²) in [6.07, 6.45) is 3.58. The number of hydrogen-bond donors (Lipinski definition) is 3. The Kier molecular flexibility index (Phi) is 9.19. The molecule has 1 fully saturated rings. The van der Waals surface area contributed by atoms with Gasteiger partial charge in [0.15, 0.2) is 5.69 Å². The van der Waals surface area contributed by atoms with Crippen LogP contribution in [0, 0.1) is 13.8 Å². The molecule has 3 N–H and O–H groups in total.